The second-order valence-corrected chi connectivity index (χ2v) is 12.8. The van der Waals surface area contributed by atoms with Crippen molar-refractivity contribution >= 4 is 39.7 Å². The molecule has 0 bridgehead atoms. The van der Waals surface area contributed by atoms with E-state index in [2.05, 4.69) is 53.6 Å². The van der Waals surface area contributed by atoms with Crippen LogP contribution < -0.4 is 55.8 Å². The second kappa shape index (κ2) is 19.1. The molecule has 0 aromatic carbocycles. The van der Waals surface area contributed by atoms with Crippen LogP contribution in [0.4, 0.5) is 26.5 Å². The molecule has 0 saturated heterocycles. The first-order chi connectivity index (χ1) is 24.1. The number of rotatable bonds is 6. The Bertz CT molecular complexity index is 1890. The van der Waals surface area contributed by atoms with Gasteiger partial charge in [0.25, 0.3) is 0 Å². The summed E-state index contributed by atoms with van der Waals surface area (Å²) in [5, 5.41) is 5.50. The molecule has 2 aliphatic carbocycles. The van der Waals surface area contributed by atoms with Gasteiger partial charge >= 0.3 is 29.6 Å². The monoisotopic (exact) mass is 717 g/mol. The van der Waals surface area contributed by atoms with Crippen molar-refractivity contribution in [2.75, 3.05) is 38.2 Å². The number of nitrogens with two attached hydrogens (primary N) is 2. The van der Waals surface area contributed by atoms with E-state index in [1.165, 1.54) is 39.0 Å². The smallest absolute Gasteiger partial charge is 1.00 e. The summed E-state index contributed by atoms with van der Waals surface area (Å²) in [4.78, 5) is 25.3. The van der Waals surface area contributed by atoms with Crippen molar-refractivity contribution in [1.29, 1.82) is 0 Å². The molecule has 7 rings (SSSR count). The molecular formula is C36H51F2N10NaO2. The van der Waals surface area contributed by atoms with Gasteiger partial charge in [0, 0.05) is 58.5 Å². The van der Waals surface area contributed by atoms with E-state index in [-0.39, 0.29) is 44.4 Å². The first kappa shape index (κ1) is 39.9. The van der Waals surface area contributed by atoms with Gasteiger partial charge in [-0.2, -0.15) is 9.97 Å². The van der Waals surface area contributed by atoms with Gasteiger partial charge in [-0.25, -0.2) is 24.3 Å². The van der Waals surface area contributed by atoms with Crippen molar-refractivity contribution in [2.45, 2.75) is 84.7 Å². The Kier molecular flexibility index (Phi) is 14.9. The zero-order valence-corrected chi connectivity index (χ0v) is 31.5. The summed E-state index contributed by atoms with van der Waals surface area (Å²) in [5.41, 5.74) is 14.5. The maximum absolute atomic E-state index is 14.3. The molecule has 2 saturated carbocycles. The van der Waals surface area contributed by atoms with E-state index in [0.717, 1.165) is 65.7 Å². The Hall–Kier alpha value is -3.88. The van der Waals surface area contributed by atoms with Crippen LogP contribution in [0, 0.1) is 17.7 Å². The number of anilines is 3. The molecule has 51 heavy (non-hydrogen) atoms. The molecule has 0 atom stereocenters. The second-order valence-electron chi connectivity index (χ2n) is 12.8. The van der Waals surface area contributed by atoms with E-state index in [1.54, 1.807) is 19.4 Å². The van der Waals surface area contributed by atoms with E-state index in [9.17, 15) is 8.78 Å². The maximum atomic E-state index is 14.3. The Morgan fingerprint density at radius 2 is 1.37 bits per heavy atom. The van der Waals surface area contributed by atoms with Crippen molar-refractivity contribution in [3.05, 3.63) is 42.7 Å². The fourth-order valence-electron chi connectivity index (χ4n) is 6.73. The number of pyridine rings is 2. The fourth-order valence-corrected chi connectivity index (χ4v) is 6.73. The zero-order valence-electron chi connectivity index (χ0n) is 31.5. The largest absolute Gasteiger partial charge is 1.00 e. The molecule has 0 radical (unpaired) electrons. The third-order valence-electron chi connectivity index (χ3n) is 9.48. The topological polar surface area (TPSA) is 165 Å². The standard InChI is InChI=1S/C17H22FN5O.C17H21N5O.CH3F.CH4.Na.H/c1-10-3-5-11(6-4-10)22-16-13(8-21-17(19)23-16)12-7-15(24-2)20-9-14(12)18;1-10-3-5-11(6-4-10)22-14-9-19-15(23-2)7-12(14)13-8-20-17(18)21-16(13)22;1-2;;;/h7-11H,3-6H2,1-2H3,(H3,19,21,22,23);7-11H,3-6H2,1-2H3,(H2,18,20,21);1H3;1H4;;/q;;;;+1;-1/i;;1D;;;. The molecule has 2 aliphatic rings. The van der Waals surface area contributed by atoms with Gasteiger partial charge in [-0.1, -0.05) is 21.3 Å². The summed E-state index contributed by atoms with van der Waals surface area (Å²) in [5.74, 6) is 3.06. The Morgan fingerprint density at radius 3 is 2.02 bits per heavy atom. The normalized spacial score (nSPS) is 19.9. The zero-order chi connectivity index (χ0) is 35.8. The molecule has 5 N–H and O–H groups in total. The van der Waals surface area contributed by atoms with E-state index < -0.39 is 13.0 Å². The van der Waals surface area contributed by atoms with Crippen LogP contribution in [0.5, 0.6) is 11.8 Å². The number of methoxy groups -OCH3 is 2. The molecule has 0 unspecified atom stereocenters. The number of nitrogens with one attached hydrogen (secondary N) is 1. The number of nitrogen functional groups attached to an aromatic ring is 2. The molecule has 12 nitrogen and oxygen atoms in total. The van der Waals surface area contributed by atoms with Crippen molar-refractivity contribution < 1.29 is 50.6 Å². The van der Waals surface area contributed by atoms with Gasteiger partial charge in [0.05, 0.1) is 40.7 Å². The van der Waals surface area contributed by atoms with Crippen molar-refractivity contribution in [2.24, 2.45) is 11.8 Å². The summed E-state index contributed by atoms with van der Waals surface area (Å²) >= 11 is 0. The van der Waals surface area contributed by atoms with Crippen molar-refractivity contribution in [1.82, 2.24) is 34.5 Å². The number of ether oxygens (including phenoxy) is 2. The number of alkyl halides is 1. The van der Waals surface area contributed by atoms with Crippen LogP contribution in [0.25, 0.3) is 33.1 Å². The molecule has 0 spiro atoms. The van der Waals surface area contributed by atoms with Gasteiger partial charge < -0.3 is 32.3 Å². The van der Waals surface area contributed by atoms with Crippen LogP contribution in [0.2, 0.25) is 0 Å². The average molecular weight is 718 g/mol. The van der Waals surface area contributed by atoms with Crippen molar-refractivity contribution in [3.8, 4) is 22.9 Å². The Labute approximate surface area is 323 Å². The molecule has 272 valence electrons. The van der Waals surface area contributed by atoms with E-state index in [4.69, 9.17) is 22.3 Å². The Balaban J connectivity index is 0.000000325. The number of hydrogen-bond donors (Lipinski definition) is 3. The van der Waals surface area contributed by atoms with Gasteiger partial charge in [0.15, 0.2) is 0 Å². The molecule has 5 aromatic rings. The van der Waals surface area contributed by atoms with Crippen LogP contribution in [-0.2, 0) is 0 Å². The third-order valence-corrected chi connectivity index (χ3v) is 9.48. The third kappa shape index (κ3) is 9.72. The first-order valence-corrected chi connectivity index (χ1v) is 16.6. The van der Waals surface area contributed by atoms with Gasteiger partial charge in [0.2, 0.25) is 23.7 Å². The number of hydrogen-bond acceptors (Lipinski definition) is 11. The molecule has 2 fully saturated rings. The van der Waals surface area contributed by atoms with E-state index in [1.807, 2.05) is 12.3 Å². The molecular weight excluding hydrogens is 665 g/mol. The summed E-state index contributed by atoms with van der Waals surface area (Å²) in [7, 11) is 2.12. The molecule has 5 heterocycles. The average Bonchev–Trinajstić information content (AvgIpc) is 3.43. The van der Waals surface area contributed by atoms with Gasteiger partial charge in [-0.05, 0) is 63.2 Å². The summed E-state index contributed by atoms with van der Waals surface area (Å²) in [6.07, 6.45) is 15.6. The quantitative estimate of drug-likeness (QED) is 0.204. The van der Waals surface area contributed by atoms with Crippen molar-refractivity contribution in [3.63, 3.8) is 0 Å². The van der Waals surface area contributed by atoms with Crippen LogP contribution >= 0.6 is 0 Å². The van der Waals surface area contributed by atoms with Gasteiger partial charge in [-0.3, -0.25) is 4.39 Å². The SMILES string of the molecule is C.COc1cc(-c2cnc(N)nc2NC2CCC(C)CC2)c(F)cn1.COc1cc2c3cnc(N)nc3n(C3CCC(C)CC3)c2cn1.[2H]CF.[H-].[Na+]. The van der Waals surface area contributed by atoms with Gasteiger partial charge in [0.1, 0.15) is 17.3 Å². The molecule has 0 aliphatic heterocycles. The predicted octanol–water partition coefficient (Wildman–Crippen LogP) is 4.92. The maximum Gasteiger partial charge on any atom is 1.00 e. The van der Waals surface area contributed by atoms with E-state index in [0.29, 0.717) is 46.7 Å². The predicted molar refractivity (Wildman–Crippen MR) is 197 cm³/mol. The van der Waals surface area contributed by atoms with Crippen LogP contribution in [0.3, 0.4) is 0 Å². The Morgan fingerprint density at radius 1 is 0.804 bits per heavy atom. The van der Waals surface area contributed by atoms with Crippen LogP contribution in [0.15, 0.2) is 36.9 Å². The van der Waals surface area contributed by atoms with Crippen LogP contribution in [-0.4, -0.2) is 61.9 Å². The minimum atomic E-state index is -1.00. The molecule has 5 aromatic heterocycles. The van der Waals surface area contributed by atoms with Crippen LogP contribution in [0.1, 0.15) is 81.5 Å². The first-order valence-electron chi connectivity index (χ1n) is 17.3. The number of nitrogens with zero attached hydrogens (tertiary/aromatic N) is 7. The van der Waals surface area contributed by atoms with E-state index >= 15 is 0 Å². The number of halogens is 2. The summed E-state index contributed by atoms with van der Waals surface area (Å²) < 4.78 is 42.4. The number of fused-ring (bicyclic) bond motifs is 3. The minimum Gasteiger partial charge on any atom is -1.00 e. The fraction of sp³-hybridized carbons (Fsp3) is 0.500. The molecule has 0 amide bonds. The summed E-state index contributed by atoms with van der Waals surface area (Å²) in [6.45, 7) is 4.59. The minimum absolute atomic E-state index is 0. The van der Waals surface area contributed by atoms with Gasteiger partial charge in [-0.15, -0.1) is 0 Å². The number of aromatic nitrogens is 7. The molecule has 15 heteroatoms. The summed E-state index contributed by atoms with van der Waals surface area (Å²) in [6, 6.07) is 4.24.